The molecular formula is C20H16N2O2S. The van der Waals surface area contributed by atoms with Crippen LogP contribution < -0.4 is 5.32 Å². The molecule has 0 saturated heterocycles. The second kappa shape index (κ2) is 6.42. The van der Waals surface area contributed by atoms with Crippen LogP contribution in [0.2, 0.25) is 0 Å². The molecule has 2 aromatic carbocycles. The third-order valence-corrected chi connectivity index (χ3v) is 5.50. The molecule has 0 aliphatic carbocycles. The van der Waals surface area contributed by atoms with E-state index in [2.05, 4.69) is 11.2 Å². The third kappa shape index (κ3) is 3.54. The average Bonchev–Trinajstić information content (AvgIpc) is 2.87. The van der Waals surface area contributed by atoms with Gasteiger partial charge in [0.25, 0.3) is 5.91 Å². The number of amides is 1. The van der Waals surface area contributed by atoms with Crippen LogP contribution in [0.3, 0.4) is 0 Å². The molecule has 1 aliphatic rings. The summed E-state index contributed by atoms with van der Waals surface area (Å²) in [6.07, 6.45) is 3.30. The molecule has 1 heterocycles. The van der Waals surface area contributed by atoms with Crippen LogP contribution in [-0.2, 0) is 14.3 Å². The van der Waals surface area contributed by atoms with E-state index in [4.69, 9.17) is 0 Å². The van der Waals surface area contributed by atoms with Crippen molar-refractivity contribution >= 4 is 39.1 Å². The van der Waals surface area contributed by atoms with Crippen molar-refractivity contribution in [2.45, 2.75) is 11.8 Å². The monoisotopic (exact) mass is 348 g/mol. The van der Waals surface area contributed by atoms with Crippen LogP contribution in [0.15, 0.2) is 58.3 Å². The molecule has 4 nitrogen and oxygen atoms in total. The van der Waals surface area contributed by atoms with Crippen molar-refractivity contribution in [2.24, 2.45) is 0 Å². The first-order valence-electron chi connectivity index (χ1n) is 7.58. The smallest absolute Gasteiger partial charge is 0.266 e. The van der Waals surface area contributed by atoms with Crippen molar-refractivity contribution < 1.29 is 9.00 Å². The van der Waals surface area contributed by atoms with Gasteiger partial charge in [0.15, 0.2) is 0 Å². The van der Waals surface area contributed by atoms with Crippen molar-refractivity contribution in [2.75, 3.05) is 5.32 Å². The standard InChI is InChI=1S/C20H16N2O2S/c1-14-4-3-5-15(10-14)11-17(13-21)20(23)22-18-7-6-16-8-9-25(2,24)19(16)12-18/h3-12H,2H2,1H3,(H,22,23)/b17-11+. The second-order valence-corrected chi connectivity index (χ2v) is 7.98. The summed E-state index contributed by atoms with van der Waals surface area (Å²) in [5, 5.41) is 13.6. The topological polar surface area (TPSA) is 70.0 Å². The molecular weight excluding hydrogens is 332 g/mol. The Morgan fingerprint density at radius 2 is 2.08 bits per heavy atom. The van der Waals surface area contributed by atoms with Crippen molar-refractivity contribution in [3.8, 4) is 6.07 Å². The minimum Gasteiger partial charge on any atom is -0.321 e. The van der Waals surface area contributed by atoms with Gasteiger partial charge in [-0.2, -0.15) is 5.26 Å². The fraction of sp³-hybridized carbons (Fsp3) is 0.0500. The summed E-state index contributed by atoms with van der Waals surface area (Å²) in [6.45, 7) is 1.94. The van der Waals surface area contributed by atoms with Crippen molar-refractivity contribution in [1.29, 1.82) is 5.26 Å². The second-order valence-electron chi connectivity index (χ2n) is 5.82. The summed E-state index contributed by atoms with van der Waals surface area (Å²) in [6, 6.07) is 14.6. The van der Waals surface area contributed by atoms with Gasteiger partial charge in [-0.25, -0.2) is 0 Å². The van der Waals surface area contributed by atoms with Gasteiger partial charge in [-0.3, -0.25) is 9.00 Å². The number of nitriles is 1. The van der Waals surface area contributed by atoms with Crippen molar-refractivity contribution in [1.82, 2.24) is 0 Å². The number of fused-ring (bicyclic) bond motifs is 1. The molecule has 1 unspecified atom stereocenters. The van der Waals surface area contributed by atoms with E-state index in [0.29, 0.717) is 10.6 Å². The molecule has 0 bridgehead atoms. The molecule has 25 heavy (non-hydrogen) atoms. The van der Waals surface area contributed by atoms with Gasteiger partial charge in [0, 0.05) is 20.1 Å². The predicted molar refractivity (Wildman–Crippen MR) is 102 cm³/mol. The molecule has 5 heteroatoms. The number of anilines is 1. The van der Waals surface area contributed by atoms with Crippen LogP contribution in [-0.4, -0.2) is 16.0 Å². The zero-order valence-corrected chi connectivity index (χ0v) is 14.5. The van der Waals surface area contributed by atoms with Crippen LogP contribution in [0.4, 0.5) is 5.69 Å². The van der Waals surface area contributed by atoms with E-state index < -0.39 is 15.4 Å². The Bertz CT molecular complexity index is 1070. The van der Waals surface area contributed by atoms with E-state index >= 15 is 0 Å². The van der Waals surface area contributed by atoms with Crippen LogP contribution in [0.1, 0.15) is 16.7 Å². The Balaban J connectivity index is 1.86. The summed E-state index contributed by atoms with van der Waals surface area (Å²) < 4.78 is 12.3. The number of nitrogens with zero attached hydrogens (tertiary/aromatic N) is 1. The lowest BCUT2D eigenvalue weighted by molar-refractivity contribution is -0.112. The highest BCUT2D eigenvalue weighted by Crippen LogP contribution is 2.29. The van der Waals surface area contributed by atoms with Crippen LogP contribution >= 0.6 is 0 Å². The van der Waals surface area contributed by atoms with E-state index in [1.165, 1.54) is 0 Å². The minimum atomic E-state index is -2.45. The highest BCUT2D eigenvalue weighted by molar-refractivity contribution is 8.03. The third-order valence-electron chi connectivity index (χ3n) is 3.83. The Morgan fingerprint density at radius 1 is 1.28 bits per heavy atom. The number of rotatable bonds is 3. The molecule has 124 valence electrons. The van der Waals surface area contributed by atoms with Gasteiger partial charge in [0.2, 0.25) is 0 Å². The van der Waals surface area contributed by atoms with Crippen LogP contribution in [0.5, 0.6) is 0 Å². The van der Waals surface area contributed by atoms with Gasteiger partial charge in [0.05, 0.1) is 0 Å². The predicted octanol–water partition coefficient (Wildman–Crippen LogP) is 3.60. The molecule has 1 atom stereocenters. The molecule has 0 radical (unpaired) electrons. The lowest BCUT2D eigenvalue weighted by Gasteiger charge is -2.08. The summed E-state index contributed by atoms with van der Waals surface area (Å²) in [5.74, 6) is 3.20. The van der Waals surface area contributed by atoms with Gasteiger partial charge in [0.1, 0.15) is 11.6 Å². The lowest BCUT2D eigenvalue weighted by Crippen LogP contribution is -2.13. The van der Waals surface area contributed by atoms with Crippen molar-refractivity contribution in [3.63, 3.8) is 0 Å². The first-order chi connectivity index (χ1) is 11.9. The molecule has 1 N–H and O–H groups in total. The maximum atomic E-state index is 12.4. The summed E-state index contributed by atoms with van der Waals surface area (Å²) in [7, 11) is -2.45. The number of carbonyl (C=O) groups excluding carboxylic acids is 1. The highest BCUT2D eigenvalue weighted by atomic mass is 32.2. The summed E-state index contributed by atoms with van der Waals surface area (Å²) >= 11 is 0. The maximum absolute atomic E-state index is 12.4. The fourth-order valence-corrected chi connectivity index (χ4v) is 3.95. The van der Waals surface area contributed by atoms with E-state index in [0.717, 1.165) is 16.7 Å². The SMILES string of the molecule is C=S1(=O)C=Cc2ccc(NC(=O)/C(C#N)=C/c3cccc(C)c3)cc21. The number of nitrogens with one attached hydrogen (secondary N) is 1. The van der Waals surface area contributed by atoms with Crippen LogP contribution in [0, 0.1) is 18.3 Å². The minimum absolute atomic E-state index is 0.000388. The Labute approximate surface area is 147 Å². The van der Waals surface area contributed by atoms with Gasteiger partial charge < -0.3 is 5.32 Å². The molecule has 0 aromatic heterocycles. The van der Waals surface area contributed by atoms with E-state index in [9.17, 15) is 14.3 Å². The number of aryl methyl sites for hydroxylation is 1. The zero-order valence-electron chi connectivity index (χ0n) is 13.7. The van der Waals surface area contributed by atoms with E-state index in [-0.39, 0.29) is 5.57 Å². The van der Waals surface area contributed by atoms with Gasteiger partial charge >= 0.3 is 0 Å². The maximum Gasteiger partial charge on any atom is 0.266 e. The van der Waals surface area contributed by atoms with Gasteiger partial charge in [-0.05, 0) is 53.6 Å². The molecule has 1 amide bonds. The normalized spacial score (nSPS) is 18.5. The Kier molecular flexibility index (Phi) is 4.30. The van der Waals surface area contributed by atoms with Gasteiger partial charge in [-0.15, -0.1) is 0 Å². The summed E-state index contributed by atoms with van der Waals surface area (Å²) in [4.78, 5) is 13.0. The van der Waals surface area contributed by atoms with Crippen molar-refractivity contribution in [3.05, 3.63) is 70.1 Å². The zero-order chi connectivity index (χ0) is 18.0. The molecule has 1 aliphatic heterocycles. The van der Waals surface area contributed by atoms with E-state index in [1.54, 1.807) is 35.8 Å². The number of benzene rings is 2. The number of hydrogen-bond acceptors (Lipinski definition) is 3. The first-order valence-corrected chi connectivity index (χ1v) is 9.37. The van der Waals surface area contributed by atoms with E-state index in [1.807, 2.05) is 37.3 Å². The molecule has 0 saturated carbocycles. The quantitative estimate of drug-likeness (QED) is 0.523. The molecule has 3 rings (SSSR count). The van der Waals surface area contributed by atoms with Crippen LogP contribution in [0.25, 0.3) is 12.2 Å². The fourth-order valence-electron chi connectivity index (χ4n) is 2.58. The Hall–Kier alpha value is -3.10. The lowest BCUT2D eigenvalue weighted by atomic mass is 10.1. The largest absolute Gasteiger partial charge is 0.321 e. The summed E-state index contributed by atoms with van der Waals surface area (Å²) in [5.41, 5.74) is 3.14. The molecule has 0 spiro atoms. The average molecular weight is 348 g/mol. The number of hydrogen-bond donors (Lipinski definition) is 1. The number of carbonyl (C=O) groups is 1. The first kappa shape index (κ1) is 16.7. The molecule has 2 aromatic rings. The van der Waals surface area contributed by atoms with Gasteiger partial charge in [-0.1, -0.05) is 35.9 Å². The highest BCUT2D eigenvalue weighted by Gasteiger charge is 2.17. The molecule has 0 fully saturated rings. The Morgan fingerprint density at radius 3 is 2.80 bits per heavy atom.